The van der Waals surface area contributed by atoms with Crippen molar-refractivity contribution in [1.82, 2.24) is 24.9 Å². The summed E-state index contributed by atoms with van der Waals surface area (Å²) in [6.45, 7) is 4.13. The SMILES string of the molecule is CCn1ncc(Cl)c1CNC(=O)c1nn(C)c(C)c1[N+](=O)[O-]. The second-order valence-corrected chi connectivity index (χ2v) is 5.01. The minimum atomic E-state index is -0.629. The van der Waals surface area contributed by atoms with Gasteiger partial charge in [-0.2, -0.15) is 10.2 Å². The zero-order valence-corrected chi connectivity index (χ0v) is 13.1. The molecule has 0 aliphatic rings. The highest BCUT2D eigenvalue weighted by Crippen LogP contribution is 2.22. The van der Waals surface area contributed by atoms with Crippen molar-refractivity contribution in [2.75, 3.05) is 0 Å². The molecule has 0 atom stereocenters. The van der Waals surface area contributed by atoms with Crippen molar-refractivity contribution in [2.24, 2.45) is 7.05 Å². The molecule has 2 aromatic heterocycles. The Labute approximate surface area is 131 Å². The van der Waals surface area contributed by atoms with E-state index in [0.29, 0.717) is 23.0 Å². The van der Waals surface area contributed by atoms with E-state index in [-0.39, 0.29) is 17.9 Å². The monoisotopic (exact) mass is 326 g/mol. The molecule has 0 aliphatic carbocycles. The van der Waals surface area contributed by atoms with Crippen LogP contribution >= 0.6 is 11.6 Å². The molecule has 0 spiro atoms. The topological polar surface area (TPSA) is 108 Å². The number of nitrogens with zero attached hydrogens (tertiary/aromatic N) is 5. The lowest BCUT2D eigenvalue weighted by Crippen LogP contribution is -2.25. The molecule has 0 aliphatic heterocycles. The number of nitrogens with one attached hydrogen (secondary N) is 1. The van der Waals surface area contributed by atoms with Gasteiger partial charge in [0, 0.05) is 13.6 Å². The van der Waals surface area contributed by atoms with E-state index in [2.05, 4.69) is 15.5 Å². The number of rotatable bonds is 5. The molecule has 0 unspecified atom stereocenters. The van der Waals surface area contributed by atoms with Crippen LogP contribution in [0.15, 0.2) is 6.20 Å². The van der Waals surface area contributed by atoms with E-state index in [9.17, 15) is 14.9 Å². The number of amides is 1. The second-order valence-electron chi connectivity index (χ2n) is 4.60. The molecule has 0 fully saturated rings. The molecule has 10 heteroatoms. The lowest BCUT2D eigenvalue weighted by atomic mass is 10.3. The standard InChI is InChI=1S/C12H15ClN6O3/c1-4-18-9(8(13)5-15-18)6-14-12(20)10-11(19(21)22)7(2)17(3)16-10/h5H,4,6H2,1-3H3,(H,14,20). The van der Waals surface area contributed by atoms with Crippen LogP contribution in [0.2, 0.25) is 5.02 Å². The Balaban J connectivity index is 2.22. The third-order valence-corrected chi connectivity index (χ3v) is 3.63. The smallest absolute Gasteiger partial charge is 0.322 e. The van der Waals surface area contributed by atoms with Gasteiger partial charge in [-0.25, -0.2) is 0 Å². The summed E-state index contributed by atoms with van der Waals surface area (Å²) < 4.78 is 2.94. The molecule has 0 aromatic carbocycles. The Morgan fingerprint density at radius 3 is 2.82 bits per heavy atom. The third-order valence-electron chi connectivity index (χ3n) is 3.31. The molecule has 0 saturated carbocycles. The van der Waals surface area contributed by atoms with Gasteiger partial charge in [0.25, 0.3) is 5.91 Å². The molecule has 0 bridgehead atoms. The minimum Gasteiger partial charge on any atom is -0.345 e. The number of nitro groups is 1. The van der Waals surface area contributed by atoms with Gasteiger partial charge in [0.2, 0.25) is 5.69 Å². The van der Waals surface area contributed by atoms with E-state index in [1.165, 1.54) is 17.8 Å². The van der Waals surface area contributed by atoms with Crippen LogP contribution in [0.5, 0.6) is 0 Å². The number of hydrogen-bond acceptors (Lipinski definition) is 5. The molecule has 2 aromatic rings. The van der Waals surface area contributed by atoms with Crippen LogP contribution in [-0.4, -0.2) is 30.4 Å². The van der Waals surface area contributed by atoms with Gasteiger partial charge < -0.3 is 5.32 Å². The summed E-state index contributed by atoms with van der Waals surface area (Å²) in [5.74, 6) is -0.629. The summed E-state index contributed by atoms with van der Waals surface area (Å²) in [5.41, 5.74) is 0.429. The number of aromatic nitrogens is 4. The van der Waals surface area contributed by atoms with Gasteiger partial charge in [-0.1, -0.05) is 11.6 Å². The van der Waals surface area contributed by atoms with E-state index >= 15 is 0 Å². The van der Waals surface area contributed by atoms with Crippen molar-refractivity contribution in [2.45, 2.75) is 26.9 Å². The first kappa shape index (κ1) is 16.0. The van der Waals surface area contributed by atoms with Gasteiger partial charge in [0.15, 0.2) is 0 Å². The van der Waals surface area contributed by atoms with Gasteiger partial charge in [-0.3, -0.25) is 24.3 Å². The summed E-state index contributed by atoms with van der Waals surface area (Å²) in [6, 6.07) is 0. The molecule has 9 nitrogen and oxygen atoms in total. The quantitative estimate of drug-likeness (QED) is 0.660. The maximum absolute atomic E-state index is 12.2. The zero-order chi connectivity index (χ0) is 16.4. The summed E-state index contributed by atoms with van der Waals surface area (Å²) in [4.78, 5) is 22.7. The molecular weight excluding hydrogens is 312 g/mol. The van der Waals surface area contributed by atoms with E-state index in [4.69, 9.17) is 11.6 Å². The van der Waals surface area contributed by atoms with E-state index < -0.39 is 10.8 Å². The number of halogens is 1. The van der Waals surface area contributed by atoms with Crippen LogP contribution in [0.3, 0.4) is 0 Å². The largest absolute Gasteiger partial charge is 0.345 e. The van der Waals surface area contributed by atoms with Crippen molar-refractivity contribution in [1.29, 1.82) is 0 Å². The highest BCUT2D eigenvalue weighted by Gasteiger charge is 2.28. The lowest BCUT2D eigenvalue weighted by Gasteiger charge is -2.06. The van der Waals surface area contributed by atoms with Gasteiger partial charge in [-0.05, 0) is 13.8 Å². The lowest BCUT2D eigenvalue weighted by molar-refractivity contribution is -0.385. The molecule has 22 heavy (non-hydrogen) atoms. The highest BCUT2D eigenvalue weighted by molar-refractivity contribution is 6.31. The zero-order valence-electron chi connectivity index (χ0n) is 12.3. The Bertz CT molecular complexity index is 736. The first-order valence-corrected chi connectivity index (χ1v) is 6.91. The van der Waals surface area contributed by atoms with E-state index in [1.807, 2.05) is 6.92 Å². The molecule has 0 saturated heterocycles. The molecule has 1 amide bonds. The Hall–Kier alpha value is -2.42. The third kappa shape index (κ3) is 2.80. The van der Waals surface area contributed by atoms with Crippen molar-refractivity contribution < 1.29 is 9.72 Å². The molecule has 1 N–H and O–H groups in total. The molecule has 118 valence electrons. The fourth-order valence-electron chi connectivity index (χ4n) is 2.05. The summed E-state index contributed by atoms with van der Waals surface area (Å²) in [5, 5.41) is 22.1. The predicted octanol–water partition coefficient (Wildman–Crippen LogP) is 1.44. The Kier molecular flexibility index (Phi) is 4.45. The highest BCUT2D eigenvalue weighted by atomic mass is 35.5. The fraction of sp³-hybridized carbons (Fsp3) is 0.417. The Morgan fingerprint density at radius 2 is 2.23 bits per heavy atom. The van der Waals surface area contributed by atoms with Crippen molar-refractivity contribution in [3.63, 3.8) is 0 Å². The average molecular weight is 327 g/mol. The Morgan fingerprint density at radius 1 is 1.55 bits per heavy atom. The molecule has 2 rings (SSSR count). The average Bonchev–Trinajstić information content (AvgIpc) is 2.97. The van der Waals surface area contributed by atoms with Crippen molar-refractivity contribution >= 4 is 23.2 Å². The van der Waals surface area contributed by atoms with Gasteiger partial charge >= 0.3 is 5.69 Å². The summed E-state index contributed by atoms with van der Waals surface area (Å²) in [6.07, 6.45) is 1.49. The maximum atomic E-state index is 12.2. The summed E-state index contributed by atoms with van der Waals surface area (Å²) >= 11 is 6.00. The van der Waals surface area contributed by atoms with Gasteiger partial charge in [0.1, 0.15) is 5.69 Å². The van der Waals surface area contributed by atoms with Gasteiger partial charge in [0.05, 0.1) is 28.4 Å². The van der Waals surface area contributed by atoms with E-state index in [0.717, 1.165) is 0 Å². The number of carbonyl (C=O) groups excluding carboxylic acids is 1. The second kappa shape index (κ2) is 6.14. The predicted molar refractivity (Wildman–Crippen MR) is 78.7 cm³/mol. The van der Waals surface area contributed by atoms with Crippen LogP contribution < -0.4 is 5.32 Å². The molecule has 0 radical (unpaired) electrons. The van der Waals surface area contributed by atoms with Crippen LogP contribution in [0, 0.1) is 17.0 Å². The van der Waals surface area contributed by atoms with Crippen LogP contribution in [-0.2, 0) is 20.1 Å². The first-order chi connectivity index (χ1) is 10.4. The van der Waals surface area contributed by atoms with Gasteiger partial charge in [-0.15, -0.1) is 0 Å². The van der Waals surface area contributed by atoms with Crippen molar-refractivity contribution in [3.8, 4) is 0 Å². The van der Waals surface area contributed by atoms with Crippen LogP contribution in [0.4, 0.5) is 5.69 Å². The van der Waals surface area contributed by atoms with E-state index in [1.54, 1.807) is 11.7 Å². The van der Waals surface area contributed by atoms with Crippen molar-refractivity contribution in [3.05, 3.63) is 38.4 Å². The normalized spacial score (nSPS) is 10.7. The molecule has 2 heterocycles. The number of carbonyl (C=O) groups is 1. The first-order valence-electron chi connectivity index (χ1n) is 6.53. The number of hydrogen-bond donors (Lipinski definition) is 1. The van der Waals surface area contributed by atoms with Crippen LogP contribution in [0.1, 0.15) is 28.8 Å². The maximum Gasteiger partial charge on any atom is 0.322 e. The molecular formula is C12H15ClN6O3. The number of aryl methyl sites for hydroxylation is 2. The summed E-state index contributed by atoms with van der Waals surface area (Å²) in [7, 11) is 1.54. The minimum absolute atomic E-state index is 0.109. The van der Waals surface area contributed by atoms with Crippen LogP contribution in [0.25, 0.3) is 0 Å². The fourth-order valence-corrected chi connectivity index (χ4v) is 2.26.